The Morgan fingerprint density at radius 1 is 1.13 bits per heavy atom. The van der Waals surface area contributed by atoms with Crippen LogP contribution in [0, 0.1) is 0 Å². The highest BCUT2D eigenvalue weighted by Gasteiger charge is 2.19. The third kappa shape index (κ3) is 4.85. The number of esters is 2. The van der Waals surface area contributed by atoms with Crippen molar-refractivity contribution in [3.8, 4) is 0 Å². The van der Waals surface area contributed by atoms with Crippen LogP contribution in [-0.2, 0) is 19.1 Å². The highest BCUT2D eigenvalue weighted by Crippen LogP contribution is 2.02. The molecule has 0 atom stereocenters. The maximum atomic E-state index is 11.3. The van der Waals surface area contributed by atoms with Crippen molar-refractivity contribution in [3.63, 3.8) is 0 Å². The molecule has 0 amide bonds. The SMILES string of the molecule is CCOC(=O)C(=CC=CN)C(=O)OCC. The van der Waals surface area contributed by atoms with E-state index >= 15 is 0 Å². The fourth-order valence-electron chi connectivity index (χ4n) is 0.789. The standard InChI is InChI=1S/C10H15NO4/c1-3-14-9(12)8(6-5-7-11)10(13)15-4-2/h5-7H,3-4,11H2,1-2H3. The molecule has 0 aromatic heterocycles. The second-order valence-corrected chi connectivity index (χ2v) is 2.41. The molecule has 0 aromatic carbocycles. The van der Waals surface area contributed by atoms with Crippen molar-refractivity contribution in [1.29, 1.82) is 0 Å². The Kier molecular flexibility index (Phi) is 6.70. The zero-order valence-corrected chi connectivity index (χ0v) is 8.86. The van der Waals surface area contributed by atoms with Gasteiger partial charge in [0.15, 0.2) is 0 Å². The van der Waals surface area contributed by atoms with E-state index in [0.717, 1.165) is 0 Å². The molecule has 0 fully saturated rings. The van der Waals surface area contributed by atoms with Crippen molar-refractivity contribution in [2.75, 3.05) is 13.2 Å². The average Bonchev–Trinajstić information content (AvgIpc) is 2.19. The smallest absolute Gasteiger partial charge is 0.345 e. The van der Waals surface area contributed by atoms with Gasteiger partial charge in [0.25, 0.3) is 0 Å². The van der Waals surface area contributed by atoms with Gasteiger partial charge in [-0.25, -0.2) is 9.59 Å². The van der Waals surface area contributed by atoms with Crippen LogP contribution in [0.3, 0.4) is 0 Å². The van der Waals surface area contributed by atoms with Crippen LogP contribution in [0.15, 0.2) is 23.9 Å². The second kappa shape index (κ2) is 7.61. The summed E-state index contributed by atoms with van der Waals surface area (Å²) in [6.45, 7) is 3.70. The number of hydrogen-bond donors (Lipinski definition) is 1. The molecule has 2 N–H and O–H groups in total. The monoisotopic (exact) mass is 213 g/mol. The largest absolute Gasteiger partial charge is 0.462 e. The second-order valence-electron chi connectivity index (χ2n) is 2.41. The summed E-state index contributed by atoms with van der Waals surface area (Å²) < 4.78 is 9.37. The number of carbonyl (C=O) groups excluding carboxylic acids is 2. The zero-order chi connectivity index (χ0) is 11.7. The van der Waals surface area contributed by atoms with Gasteiger partial charge < -0.3 is 15.2 Å². The predicted molar refractivity (Wildman–Crippen MR) is 54.7 cm³/mol. The van der Waals surface area contributed by atoms with E-state index < -0.39 is 11.9 Å². The van der Waals surface area contributed by atoms with Crippen molar-refractivity contribution in [2.24, 2.45) is 5.73 Å². The molecule has 84 valence electrons. The number of ether oxygens (including phenoxy) is 2. The maximum absolute atomic E-state index is 11.3. The van der Waals surface area contributed by atoms with Gasteiger partial charge in [0.05, 0.1) is 13.2 Å². The van der Waals surface area contributed by atoms with E-state index in [9.17, 15) is 9.59 Å². The number of hydrogen-bond acceptors (Lipinski definition) is 5. The summed E-state index contributed by atoms with van der Waals surface area (Å²) in [6, 6.07) is 0. The molecule has 5 nitrogen and oxygen atoms in total. The maximum Gasteiger partial charge on any atom is 0.345 e. The first-order chi connectivity index (χ1) is 7.17. The highest BCUT2D eigenvalue weighted by atomic mass is 16.6. The minimum absolute atomic E-state index is 0.166. The fraction of sp³-hybridized carbons (Fsp3) is 0.400. The van der Waals surface area contributed by atoms with Crippen molar-refractivity contribution < 1.29 is 19.1 Å². The Morgan fingerprint density at radius 3 is 1.93 bits per heavy atom. The molecule has 0 aliphatic heterocycles. The molecule has 0 aliphatic rings. The van der Waals surface area contributed by atoms with Crippen LogP contribution in [0.2, 0.25) is 0 Å². The Balaban J connectivity index is 4.72. The van der Waals surface area contributed by atoms with E-state index in [1.807, 2.05) is 0 Å². The van der Waals surface area contributed by atoms with Gasteiger partial charge in [-0.1, -0.05) is 0 Å². The van der Waals surface area contributed by atoms with E-state index in [-0.39, 0.29) is 18.8 Å². The highest BCUT2D eigenvalue weighted by molar-refractivity contribution is 6.14. The Bertz CT molecular complexity index is 261. The van der Waals surface area contributed by atoms with Gasteiger partial charge >= 0.3 is 11.9 Å². The number of allylic oxidation sites excluding steroid dienone is 2. The minimum atomic E-state index is -0.714. The molecule has 0 aliphatic carbocycles. The Morgan fingerprint density at radius 2 is 1.60 bits per heavy atom. The molecule has 0 saturated heterocycles. The van der Waals surface area contributed by atoms with Crippen molar-refractivity contribution >= 4 is 11.9 Å². The summed E-state index contributed by atoms with van der Waals surface area (Å²) in [5.41, 5.74) is 4.93. The summed E-state index contributed by atoms with van der Waals surface area (Å²) in [4.78, 5) is 22.6. The van der Waals surface area contributed by atoms with Crippen molar-refractivity contribution in [2.45, 2.75) is 13.8 Å². The lowest BCUT2D eigenvalue weighted by molar-refractivity contribution is -0.146. The zero-order valence-electron chi connectivity index (χ0n) is 8.86. The van der Waals surface area contributed by atoms with E-state index in [1.165, 1.54) is 18.4 Å². The number of nitrogens with two attached hydrogens (primary N) is 1. The van der Waals surface area contributed by atoms with Gasteiger partial charge in [0.1, 0.15) is 5.57 Å². The van der Waals surface area contributed by atoms with Crippen LogP contribution >= 0.6 is 0 Å². The summed E-state index contributed by atoms with van der Waals surface area (Å²) in [5, 5.41) is 0. The van der Waals surface area contributed by atoms with Gasteiger partial charge in [-0.15, -0.1) is 0 Å². The van der Waals surface area contributed by atoms with Crippen LogP contribution < -0.4 is 5.73 Å². The summed E-state index contributed by atoms with van der Waals surface area (Å²) in [5.74, 6) is -1.43. The minimum Gasteiger partial charge on any atom is -0.462 e. The summed E-state index contributed by atoms with van der Waals surface area (Å²) in [6.07, 6.45) is 3.83. The molecule has 0 spiro atoms. The van der Waals surface area contributed by atoms with Gasteiger partial charge in [0, 0.05) is 0 Å². The molecule has 0 radical (unpaired) electrons. The van der Waals surface area contributed by atoms with Gasteiger partial charge in [-0.3, -0.25) is 0 Å². The Labute approximate surface area is 88.5 Å². The fourth-order valence-corrected chi connectivity index (χ4v) is 0.789. The van der Waals surface area contributed by atoms with Crippen LogP contribution in [0.25, 0.3) is 0 Å². The molecule has 0 heterocycles. The lowest BCUT2D eigenvalue weighted by Gasteiger charge is -2.05. The van der Waals surface area contributed by atoms with Crippen molar-refractivity contribution in [1.82, 2.24) is 0 Å². The van der Waals surface area contributed by atoms with Crippen LogP contribution in [0.4, 0.5) is 0 Å². The molecular weight excluding hydrogens is 198 g/mol. The first-order valence-electron chi connectivity index (χ1n) is 4.60. The average molecular weight is 213 g/mol. The van der Waals surface area contributed by atoms with Crippen LogP contribution in [0.1, 0.15) is 13.8 Å². The Hall–Kier alpha value is -1.78. The summed E-state index contributed by atoms with van der Waals surface area (Å²) >= 11 is 0. The molecule has 0 aromatic rings. The van der Waals surface area contributed by atoms with Crippen LogP contribution in [0.5, 0.6) is 0 Å². The van der Waals surface area contributed by atoms with Gasteiger partial charge in [-0.05, 0) is 32.2 Å². The van der Waals surface area contributed by atoms with E-state index in [2.05, 4.69) is 9.47 Å². The molecule has 0 unspecified atom stereocenters. The number of rotatable bonds is 5. The molecule has 15 heavy (non-hydrogen) atoms. The first kappa shape index (κ1) is 13.2. The lowest BCUT2D eigenvalue weighted by atomic mass is 10.2. The van der Waals surface area contributed by atoms with E-state index in [4.69, 9.17) is 5.73 Å². The molecule has 5 heteroatoms. The quantitative estimate of drug-likeness (QED) is 0.237. The van der Waals surface area contributed by atoms with E-state index in [0.29, 0.717) is 0 Å². The van der Waals surface area contributed by atoms with Gasteiger partial charge in [-0.2, -0.15) is 0 Å². The summed E-state index contributed by atoms with van der Waals surface area (Å²) in [7, 11) is 0. The first-order valence-corrected chi connectivity index (χ1v) is 4.60. The van der Waals surface area contributed by atoms with Crippen LogP contribution in [-0.4, -0.2) is 25.2 Å². The predicted octanol–water partition coefficient (Wildman–Crippen LogP) is 0.511. The third-order valence-corrected chi connectivity index (χ3v) is 1.36. The molecular formula is C10H15NO4. The molecule has 0 bridgehead atoms. The number of carbonyl (C=O) groups is 2. The van der Waals surface area contributed by atoms with Gasteiger partial charge in [0.2, 0.25) is 0 Å². The van der Waals surface area contributed by atoms with Crippen molar-refractivity contribution in [3.05, 3.63) is 23.9 Å². The molecule has 0 saturated carbocycles. The van der Waals surface area contributed by atoms with E-state index in [1.54, 1.807) is 13.8 Å². The lowest BCUT2D eigenvalue weighted by Crippen LogP contribution is -2.18. The topological polar surface area (TPSA) is 78.6 Å². The third-order valence-electron chi connectivity index (χ3n) is 1.36. The molecule has 0 rings (SSSR count). The normalized spacial score (nSPS) is 9.73.